The molecule has 4 aliphatic carbocycles. The van der Waals surface area contributed by atoms with Gasteiger partial charge in [-0.25, -0.2) is 0 Å². The van der Waals surface area contributed by atoms with Crippen molar-refractivity contribution < 1.29 is 23.7 Å². The molecule has 0 bridgehead atoms. The fraction of sp³-hybridized carbons (Fsp3) is 0.781. The first-order valence-electron chi connectivity index (χ1n) is 14.1. The lowest BCUT2D eigenvalue weighted by Gasteiger charge is -2.35. The molecule has 4 atom stereocenters. The molecule has 1 aromatic carbocycles. The number of carbonyl (C=O) groups excluding carboxylic acids is 1. The number of hydrogen-bond donors (Lipinski definition) is 0. The number of ether oxygens (including phenoxy) is 4. The highest BCUT2D eigenvalue weighted by Gasteiger charge is 2.57. The molecule has 2 aliphatic heterocycles. The van der Waals surface area contributed by atoms with E-state index < -0.39 is 0 Å². The van der Waals surface area contributed by atoms with E-state index in [0.717, 1.165) is 67.6 Å². The summed E-state index contributed by atoms with van der Waals surface area (Å²) in [6.07, 6.45) is 17.2. The van der Waals surface area contributed by atoms with Gasteiger partial charge in [-0.05, 0) is 67.9 Å². The Balaban J connectivity index is 0.000000172. The summed E-state index contributed by atoms with van der Waals surface area (Å²) in [7, 11) is 0. The third-order valence-corrected chi connectivity index (χ3v) is 8.65. The summed E-state index contributed by atoms with van der Waals surface area (Å²) in [5, 5.41) is 0. The number of hydrogen-bond acceptors (Lipinski definition) is 5. The number of rotatable bonds is 0. The molecule has 0 amide bonds. The van der Waals surface area contributed by atoms with Gasteiger partial charge in [0.2, 0.25) is 6.79 Å². The highest BCUT2D eigenvalue weighted by molar-refractivity contribution is 5.78. The summed E-state index contributed by atoms with van der Waals surface area (Å²) in [5.74, 6) is 4.39. The Kier molecular flexibility index (Phi) is 13.4. The lowest BCUT2D eigenvalue weighted by atomic mass is 9.94. The van der Waals surface area contributed by atoms with E-state index in [-0.39, 0.29) is 14.9 Å². The van der Waals surface area contributed by atoms with Crippen LogP contribution in [0.3, 0.4) is 0 Å². The molecule has 6 aliphatic rings. The van der Waals surface area contributed by atoms with E-state index in [1.165, 1.54) is 57.8 Å². The second-order valence-electron chi connectivity index (χ2n) is 11.4. The molecule has 0 spiro atoms. The molecule has 5 fully saturated rings. The van der Waals surface area contributed by atoms with Gasteiger partial charge >= 0.3 is 0 Å². The van der Waals surface area contributed by atoms with Crippen molar-refractivity contribution in [3.8, 4) is 11.5 Å². The number of para-hydroxylation sites is 2. The number of benzene rings is 1. The Morgan fingerprint density at radius 3 is 1.54 bits per heavy atom. The van der Waals surface area contributed by atoms with Gasteiger partial charge in [-0.1, -0.05) is 72.9 Å². The maximum Gasteiger partial charge on any atom is 0.231 e. The average molecular weight is 519 g/mol. The van der Waals surface area contributed by atoms with E-state index in [4.69, 9.17) is 18.9 Å². The van der Waals surface area contributed by atoms with Gasteiger partial charge in [-0.3, -0.25) is 4.79 Å². The van der Waals surface area contributed by atoms with Crippen molar-refractivity contribution in [2.45, 2.75) is 124 Å². The van der Waals surface area contributed by atoms with Crippen LogP contribution in [0.4, 0.5) is 0 Å². The van der Waals surface area contributed by atoms with Gasteiger partial charge in [-0.2, -0.15) is 0 Å². The average Bonchev–Trinajstić information content (AvgIpc) is 3.22. The molecule has 0 N–H and O–H groups in total. The van der Waals surface area contributed by atoms with E-state index in [1.54, 1.807) is 0 Å². The monoisotopic (exact) mass is 518 g/mol. The van der Waals surface area contributed by atoms with Gasteiger partial charge in [-0.15, -0.1) is 0 Å². The van der Waals surface area contributed by atoms with E-state index in [9.17, 15) is 4.79 Å². The smallest absolute Gasteiger partial charge is 0.231 e. The fourth-order valence-electron chi connectivity index (χ4n) is 6.37. The van der Waals surface area contributed by atoms with E-state index in [1.807, 2.05) is 24.3 Å². The van der Waals surface area contributed by atoms with Crippen LogP contribution in [-0.4, -0.2) is 38.0 Å². The predicted octanol–water partition coefficient (Wildman–Crippen LogP) is 8.38. The Hall–Kier alpha value is -1.59. The number of Topliss-reactive ketones (excluding diaryl/α,β-unsaturated/α-hetero) is 1. The molecule has 37 heavy (non-hydrogen) atoms. The lowest BCUT2D eigenvalue weighted by molar-refractivity contribution is -0.153. The van der Waals surface area contributed by atoms with Gasteiger partial charge < -0.3 is 18.9 Å². The standard InChI is InChI=1S/C9H16.C8H14O2.C7H6O2.C6H10O.2CH4/c1-9(2)7-5-3-4-6-8(7)9;1-2-4-8-7(3-1)9-5-6-10-8;1-2-4-7-6(3-1)8-5-9-7;7-6-4-2-1-3-5-6;;/h7-8H,3-6H2,1-2H3;7-8H,1-6H2;1-4H,5H2;1-5H2;2*1H4. The molecule has 4 saturated carbocycles. The van der Waals surface area contributed by atoms with Gasteiger partial charge in [0, 0.05) is 12.8 Å². The second-order valence-corrected chi connectivity index (χ2v) is 11.4. The summed E-state index contributed by atoms with van der Waals surface area (Å²) in [5.41, 5.74) is 0.747. The zero-order valence-corrected chi connectivity index (χ0v) is 22.0. The number of carbonyl (C=O) groups is 1. The van der Waals surface area contributed by atoms with Crippen molar-refractivity contribution in [3.05, 3.63) is 24.3 Å². The maximum atomic E-state index is 10.5. The zero-order chi connectivity index (χ0) is 24.5. The van der Waals surface area contributed by atoms with Crippen molar-refractivity contribution in [2.75, 3.05) is 20.0 Å². The summed E-state index contributed by atoms with van der Waals surface area (Å²) in [4.78, 5) is 10.5. The minimum Gasteiger partial charge on any atom is -0.454 e. The topological polar surface area (TPSA) is 54.0 Å². The van der Waals surface area contributed by atoms with E-state index in [2.05, 4.69) is 13.8 Å². The summed E-state index contributed by atoms with van der Waals surface area (Å²) in [6, 6.07) is 7.63. The van der Waals surface area contributed by atoms with Crippen molar-refractivity contribution in [3.63, 3.8) is 0 Å². The minimum absolute atomic E-state index is 0. The molecular weight excluding hydrogens is 464 g/mol. The van der Waals surface area contributed by atoms with Crippen molar-refractivity contribution in [1.82, 2.24) is 0 Å². The van der Waals surface area contributed by atoms with Gasteiger partial charge in [0.15, 0.2) is 11.5 Å². The SMILES string of the molecule is C.C.C1CCC2OCCOC2C1.CC1(C)C2CCCCC21.O=C1CCCCC1.c1ccc2c(c1)OCO2. The fourth-order valence-corrected chi connectivity index (χ4v) is 6.37. The van der Waals surface area contributed by atoms with Crippen LogP contribution in [-0.2, 0) is 14.3 Å². The molecule has 4 unspecified atom stereocenters. The first kappa shape index (κ1) is 31.6. The van der Waals surface area contributed by atoms with Crippen LogP contribution in [0.15, 0.2) is 24.3 Å². The molecule has 0 aromatic heterocycles. The van der Waals surface area contributed by atoms with E-state index in [0.29, 0.717) is 24.8 Å². The van der Waals surface area contributed by atoms with Crippen LogP contribution in [0.5, 0.6) is 11.5 Å². The molecule has 1 saturated heterocycles. The first-order chi connectivity index (χ1) is 17.1. The van der Waals surface area contributed by atoms with Crippen LogP contribution in [0.1, 0.15) is 112 Å². The molecule has 5 nitrogen and oxygen atoms in total. The second kappa shape index (κ2) is 15.7. The molecule has 1 aromatic rings. The van der Waals surface area contributed by atoms with Gasteiger partial charge in [0.1, 0.15) is 5.78 Å². The Morgan fingerprint density at radius 2 is 1.14 bits per heavy atom. The molecule has 5 heteroatoms. The molecule has 212 valence electrons. The summed E-state index contributed by atoms with van der Waals surface area (Å²) in [6.45, 7) is 6.85. The van der Waals surface area contributed by atoms with Crippen molar-refractivity contribution in [1.29, 1.82) is 0 Å². The van der Waals surface area contributed by atoms with Crippen LogP contribution >= 0.6 is 0 Å². The number of ketones is 1. The minimum atomic E-state index is 0. The molecular formula is C32H54O5. The van der Waals surface area contributed by atoms with Crippen LogP contribution in [0.2, 0.25) is 0 Å². The normalized spacial score (nSPS) is 29.8. The quantitative estimate of drug-likeness (QED) is 0.345. The summed E-state index contributed by atoms with van der Waals surface area (Å²) >= 11 is 0. The Morgan fingerprint density at radius 1 is 0.676 bits per heavy atom. The third-order valence-electron chi connectivity index (χ3n) is 8.65. The highest BCUT2D eigenvalue weighted by atomic mass is 16.7. The number of fused-ring (bicyclic) bond motifs is 3. The lowest BCUT2D eigenvalue weighted by Crippen LogP contribution is -2.40. The zero-order valence-electron chi connectivity index (χ0n) is 22.0. The largest absolute Gasteiger partial charge is 0.454 e. The summed E-state index contributed by atoms with van der Waals surface area (Å²) < 4.78 is 21.3. The molecule has 7 rings (SSSR count). The van der Waals surface area contributed by atoms with Crippen LogP contribution < -0.4 is 9.47 Å². The van der Waals surface area contributed by atoms with Crippen molar-refractivity contribution >= 4 is 5.78 Å². The highest BCUT2D eigenvalue weighted by Crippen LogP contribution is 2.64. The third kappa shape index (κ3) is 9.28. The molecule has 0 radical (unpaired) electrons. The van der Waals surface area contributed by atoms with Gasteiger partial charge in [0.05, 0.1) is 25.4 Å². The predicted molar refractivity (Wildman–Crippen MR) is 151 cm³/mol. The van der Waals surface area contributed by atoms with Crippen molar-refractivity contribution in [2.24, 2.45) is 17.3 Å². The van der Waals surface area contributed by atoms with E-state index >= 15 is 0 Å². The van der Waals surface area contributed by atoms with Crippen LogP contribution in [0.25, 0.3) is 0 Å². The van der Waals surface area contributed by atoms with Gasteiger partial charge in [0.25, 0.3) is 0 Å². The Labute approximate surface area is 227 Å². The van der Waals surface area contributed by atoms with Crippen LogP contribution in [0, 0.1) is 17.3 Å². The maximum absolute atomic E-state index is 10.5. The first-order valence-corrected chi connectivity index (χ1v) is 14.1. The molecule has 2 heterocycles. The Bertz CT molecular complexity index is 720.